The predicted octanol–water partition coefficient (Wildman–Crippen LogP) is 3.65. The lowest BCUT2D eigenvalue weighted by Crippen LogP contribution is -2.54. The maximum atomic E-state index is 13.0. The second-order valence-electron chi connectivity index (χ2n) is 7.20. The van der Waals surface area contributed by atoms with Crippen LogP contribution in [0.1, 0.15) is 13.8 Å². The van der Waals surface area contributed by atoms with Gasteiger partial charge in [-0.05, 0) is 44.2 Å². The van der Waals surface area contributed by atoms with Crippen molar-refractivity contribution in [1.82, 2.24) is 4.90 Å². The fourth-order valence-corrected chi connectivity index (χ4v) is 3.33. The smallest absolute Gasteiger partial charge is 0.239 e. The van der Waals surface area contributed by atoms with Crippen LogP contribution in [0, 0.1) is 5.41 Å². The third-order valence-corrected chi connectivity index (χ3v) is 5.11. The average Bonchev–Trinajstić information content (AvgIpc) is 2.68. The summed E-state index contributed by atoms with van der Waals surface area (Å²) in [5, 5.41) is 3.53. The molecular formula is C21H24ClN3O2. The van der Waals surface area contributed by atoms with Crippen molar-refractivity contribution in [2.24, 2.45) is 5.41 Å². The summed E-state index contributed by atoms with van der Waals surface area (Å²) in [6.45, 7) is 5.93. The second-order valence-corrected chi connectivity index (χ2v) is 7.64. The molecule has 142 valence electrons. The monoisotopic (exact) mass is 385 g/mol. The van der Waals surface area contributed by atoms with Crippen LogP contribution >= 0.6 is 11.6 Å². The predicted molar refractivity (Wildman–Crippen MR) is 109 cm³/mol. The van der Waals surface area contributed by atoms with Gasteiger partial charge in [0.15, 0.2) is 0 Å². The summed E-state index contributed by atoms with van der Waals surface area (Å²) in [5.74, 6) is -0.447. The standard InChI is InChI=1S/C21H24ClN3O2/c1-21(2,19(26)23-17-8-4-3-5-9-17)20(27)25-13-11-24(12-14-25)18-10-6-7-16(22)15-18/h3-10,15H,11-14H2,1-2H3,(H,23,26). The highest BCUT2D eigenvalue weighted by Gasteiger charge is 2.40. The number of halogens is 1. The normalized spacial score (nSPS) is 14.8. The molecule has 5 nitrogen and oxygen atoms in total. The van der Waals surface area contributed by atoms with E-state index in [1.54, 1.807) is 18.7 Å². The molecule has 3 rings (SSSR count). The van der Waals surface area contributed by atoms with Gasteiger partial charge in [-0.3, -0.25) is 9.59 Å². The van der Waals surface area contributed by atoms with Crippen LogP contribution in [-0.4, -0.2) is 42.9 Å². The molecule has 2 aromatic rings. The number of nitrogens with one attached hydrogen (secondary N) is 1. The molecule has 0 aromatic heterocycles. The molecule has 1 saturated heterocycles. The lowest BCUT2D eigenvalue weighted by molar-refractivity contribution is -0.146. The first-order valence-corrected chi connectivity index (χ1v) is 9.42. The first-order valence-electron chi connectivity index (χ1n) is 9.04. The van der Waals surface area contributed by atoms with Gasteiger partial charge >= 0.3 is 0 Å². The van der Waals surface area contributed by atoms with Crippen molar-refractivity contribution >= 4 is 34.8 Å². The van der Waals surface area contributed by atoms with Gasteiger partial charge in [-0.25, -0.2) is 0 Å². The van der Waals surface area contributed by atoms with Crippen LogP contribution < -0.4 is 10.2 Å². The van der Waals surface area contributed by atoms with Gasteiger partial charge in [0.25, 0.3) is 0 Å². The maximum absolute atomic E-state index is 13.0. The van der Waals surface area contributed by atoms with Gasteiger partial charge in [0.05, 0.1) is 0 Å². The number of anilines is 2. The van der Waals surface area contributed by atoms with E-state index in [0.29, 0.717) is 36.9 Å². The molecule has 0 spiro atoms. The molecule has 0 aliphatic carbocycles. The quantitative estimate of drug-likeness (QED) is 0.817. The Morgan fingerprint density at radius 2 is 1.63 bits per heavy atom. The van der Waals surface area contributed by atoms with Crippen LogP contribution in [0.5, 0.6) is 0 Å². The maximum Gasteiger partial charge on any atom is 0.239 e. The molecule has 1 aliphatic heterocycles. The summed E-state index contributed by atoms with van der Waals surface area (Å²) in [6, 6.07) is 16.9. The zero-order valence-electron chi connectivity index (χ0n) is 15.6. The number of amides is 2. The number of para-hydroxylation sites is 1. The van der Waals surface area contributed by atoms with Crippen molar-refractivity contribution < 1.29 is 9.59 Å². The Labute approximate surface area is 164 Å². The lowest BCUT2D eigenvalue weighted by Gasteiger charge is -2.39. The summed E-state index contributed by atoms with van der Waals surface area (Å²) in [5.41, 5.74) is 0.610. The van der Waals surface area contributed by atoms with Gasteiger partial charge in [0.1, 0.15) is 5.41 Å². The summed E-state index contributed by atoms with van der Waals surface area (Å²) >= 11 is 6.07. The number of nitrogens with zero attached hydrogens (tertiary/aromatic N) is 2. The van der Waals surface area contributed by atoms with E-state index in [1.165, 1.54) is 0 Å². The number of hydrogen-bond donors (Lipinski definition) is 1. The van der Waals surface area contributed by atoms with Crippen LogP contribution in [0.25, 0.3) is 0 Å². The van der Waals surface area contributed by atoms with E-state index in [9.17, 15) is 9.59 Å². The van der Waals surface area contributed by atoms with Crippen molar-refractivity contribution in [2.45, 2.75) is 13.8 Å². The number of carbonyl (C=O) groups is 2. The number of carbonyl (C=O) groups excluding carboxylic acids is 2. The number of piperazine rings is 1. The molecule has 6 heteroatoms. The minimum Gasteiger partial charge on any atom is -0.368 e. The molecule has 1 N–H and O–H groups in total. The molecule has 0 bridgehead atoms. The van der Waals surface area contributed by atoms with Crippen molar-refractivity contribution in [3.8, 4) is 0 Å². The summed E-state index contributed by atoms with van der Waals surface area (Å²) in [4.78, 5) is 29.6. The number of rotatable bonds is 4. The van der Waals surface area contributed by atoms with E-state index < -0.39 is 5.41 Å². The van der Waals surface area contributed by atoms with Gasteiger partial charge in [-0.1, -0.05) is 35.9 Å². The van der Waals surface area contributed by atoms with E-state index >= 15 is 0 Å². The van der Waals surface area contributed by atoms with E-state index in [-0.39, 0.29) is 11.8 Å². The van der Waals surface area contributed by atoms with E-state index in [4.69, 9.17) is 11.6 Å². The molecular weight excluding hydrogens is 362 g/mol. The molecule has 1 aliphatic rings. The third kappa shape index (κ3) is 4.42. The van der Waals surface area contributed by atoms with E-state index in [0.717, 1.165) is 5.69 Å². The summed E-state index contributed by atoms with van der Waals surface area (Å²) < 4.78 is 0. The van der Waals surface area contributed by atoms with Gasteiger partial charge in [-0.2, -0.15) is 0 Å². The Bertz CT molecular complexity index is 815. The molecule has 2 amide bonds. The molecule has 1 heterocycles. The van der Waals surface area contributed by atoms with Crippen molar-refractivity contribution in [3.05, 3.63) is 59.6 Å². The topological polar surface area (TPSA) is 52.7 Å². The Balaban J connectivity index is 1.61. The van der Waals surface area contributed by atoms with Gasteiger partial charge < -0.3 is 15.1 Å². The fraction of sp³-hybridized carbons (Fsp3) is 0.333. The zero-order chi connectivity index (χ0) is 19.4. The molecule has 0 atom stereocenters. The Morgan fingerprint density at radius 3 is 2.26 bits per heavy atom. The zero-order valence-corrected chi connectivity index (χ0v) is 16.4. The highest BCUT2D eigenvalue weighted by atomic mass is 35.5. The van der Waals surface area contributed by atoms with Crippen molar-refractivity contribution in [1.29, 1.82) is 0 Å². The molecule has 0 unspecified atom stereocenters. The van der Waals surface area contributed by atoms with Gasteiger partial charge in [0, 0.05) is 42.6 Å². The van der Waals surface area contributed by atoms with Crippen LogP contribution in [0.2, 0.25) is 5.02 Å². The summed E-state index contributed by atoms with van der Waals surface area (Å²) in [7, 11) is 0. The van der Waals surface area contributed by atoms with Gasteiger partial charge in [0.2, 0.25) is 11.8 Å². The van der Waals surface area contributed by atoms with Crippen molar-refractivity contribution in [2.75, 3.05) is 36.4 Å². The molecule has 0 radical (unpaired) electrons. The Kier molecular flexibility index (Phi) is 5.71. The summed E-state index contributed by atoms with van der Waals surface area (Å²) in [6.07, 6.45) is 0. The van der Waals surface area contributed by atoms with Crippen LogP contribution in [-0.2, 0) is 9.59 Å². The molecule has 2 aromatic carbocycles. The third-order valence-electron chi connectivity index (χ3n) is 4.87. The minimum absolute atomic E-state index is 0.151. The molecule has 27 heavy (non-hydrogen) atoms. The molecule has 0 saturated carbocycles. The van der Waals surface area contributed by atoms with E-state index in [2.05, 4.69) is 10.2 Å². The highest BCUT2D eigenvalue weighted by molar-refractivity contribution is 6.30. The average molecular weight is 386 g/mol. The number of benzene rings is 2. The first-order chi connectivity index (χ1) is 12.9. The fourth-order valence-electron chi connectivity index (χ4n) is 3.14. The Hall–Kier alpha value is -2.53. The van der Waals surface area contributed by atoms with E-state index in [1.807, 2.05) is 54.6 Å². The molecule has 1 fully saturated rings. The Morgan fingerprint density at radius 1 is 0.963 bits per heavy atom. The SMILES string of the molecule is CC(C)(C(=O)Nc1ccccc1)C(=O)N1CCN(c2cccc(Cl)c2)CC1. The van der Waals surface area contributed by atoms with Crippen LogP contribution in [0.15, 0.2) is 54.6 Å². The van der Waals surface area contributed by atoms with Crippen LogP contribution in [0.4, 0.5) is 11.4 Å². The highest BCUT2D eigenvalue weighted by Crippen LogP contribution is 2.25. The minimum atomic E-state index is -1.13. The lowest BCUT2D eigenvalue weighted by atomic mass is 9.89. The second kappa shape index (κ2) is 8.01. The van der Waals surface area contributed by atoms with Crippen LogP contribution in [0.3, 0.4) is 0 Å². The van der Waals surface area contributed by atoms with Gasteiger partial charge in [-0.15, -0.1) is 0 Å². The van der Waals surface area contributed by atoms with Crippen molar-refractivity contribution in [3.63, 3.8) is 0 Å². The number of hydrogen-bond acceptors (Lipinski definition) is 3. The largest absolute Gasteiger partial charge is 0.368 e. The first kappa shape index (κ1) is 19.2.